The van der Waals surface area contributed by atoms with E-state index in [1.807, 2.05) is 6.92 Å². The van der Waals surface area contributed by atoms with E-state index in [4.69, 9.17) is 21.3 Å². The summed E-state index contributed by atoms with van der Waals surface area (Å²) in [5, 5.41) is 8.75. The Bertz CT molecular complexity index is 354. The van der Waals surface area contributed by atoms with Crippen LogP contribution in [0.5, 0.6) is 5.75 Å². The summed E-state index contributed by atoms with van der Waals surface area (Å²) in [6.07, 6.45) is 0.833. The molecule has 5 heteroatoms. The molecule has 0 spiro atoms. The van der Waals surface area contributed by atoms with E-state index < -0.39 is 5.97 Å². The van der Waals surface area contributed by atoms with Crippen LogP contribution in [0.15, 0.2) is 12.1 Å². The van der Waals surface area contributed by atoms with Crippen molar-refractivity contribution in [3.8, 4) is 5.75 Å². The van der Waals surface area contributed by atoms with Crippen LogP contribution in [0.25, 0.3) is 0 Å². The topological polar surface area (TPSA) is 98.6 Å². The molecule has 0 saturated heterocycles. The molecule has 0 saturated carbocycles. The number of aromatic carboxylic acids is 1. The first-order valence-electron chi connectivity index (χ1n) is 4.61. The standard InChI is InChI=1S/C10H14N2O3/c1-2-3-15-9-7(11)4-6(10(13)14)5-8(9)12/h4-5H,2-3,11-12H2,1H3,(H,13,14). The van der Waals surface area contributed by atoms with Gasteiger partial charge in [-0.25, -0.2) is 4.79 Å². The molecule has 1 aromatic rings. The van der Waals surface area contributed by atoms with Gasteiger partial charge in [0.15, 0.2) is 5.75 Å². The minimum Gasteiger partial charge on any atom is -0.489 e. The molecule has 0 fully saturated rings. The smallest absolute Gasteiger partial charge is 0.335 e. The zero-order valence-corrected chi connectivity index (χ0v) is 8.49. The number of nitrogens with two attached hydrogens (primary N) is 2. The number of carboxylic acids is 1. The van der Waals surface area contributed by atoms with Crippen molar-refractivity contribution in [2.24, 2.45) is 0 Å². The molecule has 0 aliphatic rings. The maximum atomic E-state index is 10.7. The van der Waals surface area contributed by atoms with Crippen LogP contribution in [0, 0.1) is 0 Å². The lowest BCUT2D eigenvalue weighted by Crippen LogP contribution is -2.06. The number of hydrogen-bond acceptors (Lipinski definition) is 4. The number of nitrogen functional groups attached to an aromatic ring is 2. The SMILES string of the molecule is CCCOc1c(N)cc(C(=O)O)cc1N. The fourth-order valence-corrected chi connectivity index (χ4v) is 1.17. The van der Waals surface area contributed by atoms with Crippen molar-refractivity contribution >= 4 is 17.3 Å². The van der Waals surface area contributed by atoms with Crippen molar-refractivity contribution in [3.63, 3.8) is 0 Å². The summed E-state index contributed by atoms with van der Waals surface area (Å²) in [7, 11) is 0. The molecule has 0 amide bonds. The lowest BCUT2D eigenvalue weighted by atomic mass is 10.1. The predicted octanol–water partition coefficient (Wildman–Crippen LogP) is 1.34. The van der Waals surface area contributed by atoms with Gasteiger partial charge in [0.2, 0.25) is 0 Å². The Morgan fingerprint density at radius 1 is 1.40 bits per heavy atom. The maximum Gasteiger partial charge on any atom is 0.335 e. The van der Waals surface area contributed by atoms with Gasteiger partial charge in [-0.15, -0.1) is 0 Å². The van der Waals surface area contributed by atoms with E-state index >= 15 is 0 Å². The first-order chi connectivity index (χ1) is 7.06. The van der Waals surface area contributed by atoms with Crippen molar-refractivity contribution in [2.75, 3.05) is 18.1 Å². The van der Waals surface area contributed by atoms with Gasteiger partial charge in [-0.2, -0.15) is 0 Å². The van der Waals surface area contributed by atoms with E-state index in [1.165, 1.54) is 12.1 Å². The molecule has 0 aliphatic carbocycles. The van der Waals surface area contributed by atoms with Crippen molar-refractivity contribution < 1.29 is 14.6 Å². The van der Waals surface area contributed by atoms with Gasteiger partial charge < -0.3 is 21.3 Å². The summed E-state index contributed by atoms with van der Waals surface area (Å²) in [4.78, 5) is 10.7. The molecule has 0 unspecified atom stereocenters. The minimum atomic E-state index is -1.06. The quantitative estimate of drug-likeness (QED) is 0.651. The Morgan fingerprint density at radius 3 is 2.33 bits per heavy atom. The first kappa shape index (κ1) is 11.2. The summed E-state index contributed by atoms with van der Waals surface area (Å²) in [6, 6.07) is 2.67. The van der Waals surface area contributed by atoms with Gasteiger partial charge in [0.25, 0.3) is 0 Å². The molecule has 0 bridgehead atoms. The number of rotatable bonds is 4. The monoisotopic (exact) mass is 210 g/mol. The minimum absolute atomic E-state index is 0.0637. The van der Waals surface area contributed by atoms with Gasteiger partial charge in [0, 0.05) is 0 Å². The predicted molar refractivity (Wildman–Crippen MR) is 58.0 cm³/mol. The lowest BCUT2D eigenvalue weighted by molar-refractivity contribution is 0.0697. The van der Waals surface area contributed by atoms with Crippen LogP contribution in [0.4, 0.5) is 11.4 Å². The highest BCUT2D eigenvalue weighted by atomic mass is 16.5. The second-order valence-corrected chi connectivity index (χ2v) is 3.14. The van der Waals surface area contributed by atoms with E-state index in [2.05, 4.69) is 0 Å². The normalized spacial score (nSPS) is 9.93. The van der Waals surface area contributed by atoms with Crippen molar-refractivity contribution in [3.05, 3.63) is 17.7 Å². The highest BCUT2D eigenvalue weighted by molar-refractivity contribution is 5.91. The Labute approximate surface area is 87.6 Å². The van der Waals surface area contributed by atoms with Crippen LogP contribution >= 0.6 is 0 Å². The highest BCUT2D eigenvalue weighted by Gasteiger charge is 2.11. The Kier molecular flexibility index (Phi) is 3.38. The van der Waals surface area contributed by atoms with Crippen LogP contribution in [-0.4, -0.2) is 17.7 Å². The largest absolute Gasteiger partial charge is 0.489 e. The van der Waals surface area contributed by atoms with E-state index in [9.17, 15) is 4.79 Å². The highest BCUT2D eigenvalue weighted by Crippen LogP contribution is 2.30. The van der Waals surface area contributed by atoms with Crippen LogP contribution in [0.1, 0.15) is 23.7 Å². The zero-order valence-electron chi connectivity index (χ0n) is 8.49. The molecule has 5 nitrogen and oxygen atoms in total. The average molecular weight is 210 g/mol. The van der Waals surface area contributed by atoms with Crippen molar-refractivity contribution in [2.45, 2.75) is 13.3 Å². The van der Waals surface area contributed by atoms with Gasteiger partial charge in [-0.1, -0.05) is 6.92 Å². The summed E-state index contributed by atoms with van der Waals surface area (Å²) < 4.78 is 5.31. The molecule has 1 rings (SSSR count). The average Bonchev–Trinajstić information content (AvgIpc) is 2.16. The Hall–Kier alpha value is -1.91. The number of benzene rings is 1. The van der Waals surface area contributed by atoms with Crippen LogP contribution in [0.2, 0.25) is 0 Å². The van der Waals surface area contributed by atoms with Crippen LogP contribution < -0.4 is 16.2 Å². The molecule has 0 radical (unpaired) electrons. The molecular formula is C10H14N2O3. The lowest BCUT2D eigenvalue weighted by Gasteiger charge is -2.11. The second-order valence-electron chi connectivity index (χ2n) is 3.14. The molecule has 0 aliphatic heterocycles. The van der Waals surface area contributed by atoms with Gasteiger partial charge in [0.1, 0.15) is 0 Å². The van der Waals surface area contributed by atoms with E-state index in [0.717, 1.165) is 6.42 Å². The number of ether oxygens (including phenoxy) is 1. The molecular weight excluding hydrogens is 196 g/mol. The van der Waals surface area contributed by atoms with Crippen LogP contribution in [-0.2, 0) is 0 Å². The second kappa shape index (κ2) is 4.54. The molecule has 1 aromatic carbocycles. The molecule has 0 aromatic heterocycles. The first-order valence-corrected chi connectivity index (χ1v) is 4.61. The molecule has 5 N–H and O–H groups in total. The van der Waals surface area contributed by atoms with Gasteiger partial charge in [-0.05, 0) is 18.6 Å². The maximum absolute atomic E-state index is 10.7. The van der Waals surface area contributed by atoms with E-state index in [-0.39, 0.29) is 16.9 Å². The van der Waals surface area contributed by atoms with Crippen molar-refractivity contribution in [1.29, 1.82) is 0 Å². The molecule has 82 valence electrons. The number of carboxylic acid groups (broad SMARTS) is 1. The summed E-state index contributed by atoms with van der Waals surface area (Å²) in [6.45, 7) is 2.46. The third kappa shape index (κ3) is 2.52. The third-order valence-corrected chi connectivity index (χ3v) is 1.84. The third-order valence-electron chi connectivity index (χ3n) is 1.84. The fourth-order valence-electron chi connectivity index (χ4n) is 1.17. The summed E-state index contributed by atoms with van der Waals surface area (Å²) >= 11 is 0. The summed E-state index contributed by atoms with van der Waals surface area (Å²) in [5.41, 5.74) is 11.8. The number of carbonyl (C=O) groups is 1. The zero-order chi connectivity index (χ0) is 11.4. The molecule has 0 heterocycles. The Balaban J connectivity index is 3.04. The molecule has 15 heavy (non-hydrogen) atoms. The number of hydrogen-bond donors (Lipinski definition) is 3. The fraction of sp³-hybridized carbons (Fsp3) is 0.300. The van der Waals surface area contributed by atoms with E-state index in [1.54, 1.807) is 0 Å². The van der Waals surface area contributed by atoms with E-state index in [0.29, 0.717) is 12.4 Å². The number of anilines is 2. The Morgan fingerprint density at radius 2 is 1.93 bits per heavy atom. The molecule has 0 atom stereocenters. The van der Waals surface area contributed by atoms with Crippen LogP contribution in [0.3, 0.4) is 0 Å². The summed E-state index contributed by atoms with van der Waals surface area (Å²) in [5.74, 6) is -0.697. The van der Waals surface area contributed by atoms with Gasteiger partial charge in [0.05, 0.1) is 23.5 Å². The van der Waals surface area contributed by atoms with Gasteiger partial charge >= 0.3 is 5.97 Å². The van der Waals surface area contributed by atoms with Gasteiger partial charge in [-0.3, -0.25) is 0 Å². The van der Waals surface area contributed by atoms with Crippen molar-refractivity contribution in [1.82, 2.24) is 0 Å².